The molecule has 0 bridgehead atoms. The number of nitrogens with one attached hydrogen (secondary N) is 1. The van der Waals surface area contributed by atoms with Gasteiger partial charge in [0.1, 0.15) is 5.57 Å². The molecule has 0 unspecified atom stereocenters. The maximum Gasteiger partial charge on any atom is 0.344 e. The summed E-state index contributed by atoms with van der Waals surface area (Å²) in [6.07, 6.45) is 1.34. The van der Waals surface area contributed by atoms with Crippen LogP contribution >= 0.6 is 22.6 Å². The standard InChI is InChI=1S/C23H19IN2O9/c1-3-32-19(27)10-33-20-15(24)7-12(8-18(20)31-2)6-14-21(28)25-23(30)26(22(14)29)13-4-5-16-17(9-13)35-11-34-16/h4-9H,3,10-11H2,1-2H3,(H,25,28,30)/b14-6+. The van der Waals surface area contributed by atoms with E-state index in [4.69, 9.17) is 23.7 Å². The van der Waals surface area contributed by atoms with Gasteiger partial charge in [0.05, 0.1) is 23.0 Å². The van der Waals surface area contributed by atoms with Crippen molar-refractivity contribution in [1.82, 2.24) is 5.32 Å². The number of nitrogens with zero attached hydrogens (tertiary/aromatic N) is 1. The summed E-state index contributed by atoms with van der Waals surface area (Å²) in [6.45, 7) is 1.63. The number of hydrogen-bond donors (Lipinski definition) is 1. The molecular weight excluding hydrogens is 575 g/mol. The summed E-state index contributed by atoms with van der Waals surface area (Å²) in [4.78, 5) is 50.7. The van der Waals surface area contributed by atoms with Gasteiger partial charge in [-0.15, -0.1) is 0 Å². The van der Waals surface area contributed by atoms with E-state index >= 15 is 0 Å². The van der Waals surface area contributed by atoms with E-state index in [9.17, 15) is 19.2 Å². The predicted molar refractivity (Wildman–Crippen MR) is 129 cm³/mol. The maximum absolute atomic E-state index is 13.2. The number of esters is 1. The fourth-order valence-corrected chi connectivity index (χ4v) is 4.16. The molecule has 1 fully saturated rings. The van der Waals surface area contributed by atoms with Crippen LogP contribution in [0, 0.1) is 3.57 Å². The van der Waals surface area contributed by atoms with Gasteiger partial charge in [0, 0.05) is 6.07 Å². The first-order valence-electron chi connectivity index (χ1n) is 10.3. The van der Waals surface area contributed by atoms with Crippen LogP contribution in [0.1, 0.15) is 12.5 Å². The van der Waals surface area contributed by atoms with E-state index in [1.165, 1.54) is 31.4 Å². The number of imide groups is 2. The summed E-state index contributed by atoms with van der Waals surface area (Å²) >= 11 is 1.98. The molecule has 1 N–H and O–H groups in total. The number of rotatable bonds is 7. The van der Waals surface area contributed by atoms with E-state index < -0.39 is 23.8 Å². The van der Waals surface area contributed by atoms with Gasteiger partial charge in [-0.3, -0.25) is 14.9 Å². The second-order valence-corrected chi connectivity index (χ2v) is 8.29. The normalized spacial score (nSPS) is 15.8. The Morgan fingerprint density at radius 3 is 2.69 bits per heavy atom. The summed E-state index contributed by atoms with van der Waals surface area (Å²) in [6, 6.07) is 6.86. The minimum Gasteiger partial charge on any atom is -0.493 e. The molecular formula is C23H19IN2O9. The molecule has 4 amide bonds. The van der Waals surface area contributed by atoms with Crippen LogP contribution in [-0.2, 0) is 19.1 Å². The molecule has 1 saturated heterocycles. The Bertz CT molecular complexity index is 1260. The number of carbonyl (C=O) groups is 4. The molecule has 35 heavy (non-hydrogen) atoms. The second kappa shape index (κ2) is 10.2. The fraction of sp³-hybridized carbons (Fsp3) is 0.217. The summed E-state index contributed by atoms with van der Waals surface area (Å²) in [5.41, 5.74) is 0.388. The first-order chi connectivity index (χ1) is 16.8. The molecule has 0 atom stereocenters. The lowest BCUT2D eigenvalue weighted by molar-refractivity contribution is -0.145. The molecule has 12 heteroatoms. The van der Waals surface area contributed by atoms with E-state index in [1.807, 2.05) is 22.6 Å². The zero-order chi connectivity index (χ0) is 25.1. The zero-order valence-corrected chi connectivity index (χ0v) is 20.7. The van der Waals surface area contributed by atoms with Crippen molar-refractivity contribution in [3.8, 4) is 23.0 Å². The van der Waals surface area contributed by atoms with Gasteiger partial charge in [-0.1, -0.05) is 0 Å². The number of barbiturate groups is 1. The average Bonchev–Trinajstić information content (AvgIpc) is 3.29. The van der Waals surface area contributed by atoms with Gasteiger partial charge in [0.25, 0.3) is 11.8 Å². The smallest absolute Gasteiger partial charge is 0.344 e. The Morgan fingerprint density at radius 2 is 1.94 bits per heavy atom. The molecule has 2 aliphatic rings. The molecule has 11 nitrogen and oxygen atoms in total. The minimum absolute atomic E-state index is 0.0303. The molecule has 2 aromatic rings. The highest BCUT2D eigenvalue weighted by Gasteiger charge is 2.37. The van der Waals surface area contributed by atoms with Crippen molar-refractivity contribution in [2.45, 2.75) is 6.92 Å². The topological polar surface area (TPSA) is 130 Å². The maximum atomic E-state index is 13.2. The van der Waals surface area contributed by atoms with Crippen LogP contribution < -0.4 is 29.2 Å². The Labute approximate surface area is 213 Å². The second-order valence-electron chi connectivity index (χ2n) is 7.12. The third kappa shape index (κ3) is 5.01. The number of ether oxygens (including phenoxy) is 5. The Balaban J connectivity index is 1.64. The molecule has 4 rings (SSSR count). The van der Waals surface area contributed by atoms with E-state index in [0.29, 0.717) is 26.4 Å². The molecule has 0 spiro atoms. The quantitative estimate of drug-likeness (QED) is 0.223. The first kappa shape index (κ1) is 24.3. The summed E-state index contributed by atoms with van der Waals surface area (Å²) in [5, 5.41) is 2.17. The van der Waals surface area contributed by atoms with E-state index in [2.05, 4.69) is 5.32 Å². The van der Waals surface area contributed by atoms with Crippen molar-refractivity contribution >= 4 is 58.2 Å². The van der Waals surface area contributed by atoms with Gasteiger partial charge in [-0.05, 0) is 65.4 Å². The van der Waals surface area contributed by atoms with Crippen LogP contribution in [0.5, 0.6) is 23.0 Å². The molecule has 2 aromatic carbocycles. The van der Waals surface area contributed by atoms with Crippen molar-refractivity contribution in [1.29, 1.82) is 0 Å². The van der Waals surface area contributed by atoms with Crippen LogP contribution in [0.25, 0.3) is 6.08 Å². The zero-order valence-electron chi connectivity index (χ0n) is 18.6. The van der Waals surface area contributed by atoms with Gasteiger partial charge in [-0.2, -0.15) is 0 Å². The summed E-state index contributed by atoms with van der Waals surface area (Å²) < 4.78 is 26.9. The highest BCUT2D eigenvalue weighted by atomic mass is 127. The van der Waals surface area contributed by atoms with E-state index in [0.717, 1.165) is 4.90 Å². The van der Waals surface area contributed by atoms with Gasteiger partial charge < -0.3 is 23.7 Å². The first-order valence-corrected chi connectivity index (χ1v) is 11.4. The Hall–Kier alpha value is -3.81. The number of halogens is 1. The van der Waals surface area contributed by atoms with Gasteiger partial charge in [0.2, 0.25) is 6.79 Å². The molecule has 0 aliphatic carbocycles. The van der Waals surface area contributed by atoms with E-state index in [-0.39, 0.29) is 37.0 Å². The number of benzene rings is 2. The van der Waals surface area contributed by atoms with Crippen molar-refractivity contribution < 1.29 is 42.9 Å². The lowest BCUT2D eigenvalue weighted by atomic mass is 10.1. The van der Waals surface area contributed by atoms with Crippen molar-refractivity contribution in [3.05, 3.63) is 45.0 Å². The molecule has 0 radical (unpaired) electrons. The number of hydrogen-bond acceptors (Lipinski definition) is 9. The average molecular weight is 594 g/mol. The van der Waals surface area contributed by atoms with Gasteiger partial charge in [0.15, 0.2) is 29.6 Å². The number of amides is 4. The van der Waals surface area contributed by atoms with Crippen LogP contribution in [0.2, 0.25) is 0 Å². The lowest BCUT2D eigenvalue weighted by Gasteiger charge is -2.26. The number of carbonyl (C=O) groups excluding carboxylic acids is 4. The number of anilines is 1. The number of methoxy groups -OCH3 is 1. The monoisotopic (exact) mass is 594 g/mol. The summed E-state index contributed by atoms with van der Waals surface area (Å²) in [5.74, 6) is -0.738. The predicted octanol–water partition coefficient (Wildman–Crippen LogP) is 2.64. The number of urea groups is 1. The van der Waals surface area contributed by atoms with Crippen LogP contribution in [-0.4, -0.2) is 50.9 Å². The highest BCUT2D eigenvalue weighted by Crippen LogP contribution is 2.37. The fourth-order valence-electron chi connectivity index (χ4n) is 3.38. The third-order valence-corrected chi connectivity index (χ3v) is 5.72. The molecule has 0 saturated carbocycles. The Kier molecular flexibility index (Phi) is 7.10. The van der Waals surface area contributed by atoms with Gasteiger partial charge >= 0.3 is 12.0 Å². The molecule has 0 aromatic heterocycles. The third-order valence-electron chi connectivity index (χ3n) is 4.92. The lowest BCUT2D eigenvalue weighted by Crippen LogP contribution is -2.54. The highest BCUT2D eigenvalue weighted by molar-refractivity contribution is 14.1. The van der Waals surface area contributed by atoms with Crippen LogP contribution in [0.4, 0.5) is 10.5 Å². The minimum atomic E-state index is -0.883. The van der Waals surface area contributed by atoms with E-state index in [1.54, 1.807) is 19.1 Å². The van der Waals surface area contributed by atoms with Crippen molar-refractivity contribution in [2.24, 2.45) is 0 Å². The van der Waals surface area contributed by atoms with Crippen LogP contribution in [0.15, 0.2) is 35.9 Å². The number of fused-ring (bicyclic) bond motifs is 1. The molecule has 2 aliphatic heterocycles. The Morgan fingerprint density at radius 1 is 1.17 bits per heavy atom. The van der Waals surface area contributed by atoms with Crippen molar-refractivity contribution in [3.63, 3.8) is 0 Å². The van der Waals surface area contributed by atoms with Crippen molar-refractivity contribution in [2.75, 3.05) is 32.0 Å². The van der Waals surface area contributed by atoms with Crippen LogP contribution in [0.3, 0.4) is 0 Å². The summed E-state index contributed by atoms with van der Waals surface area (Å²) in [7, 11) is 1.41. The molecule has 2 heterocycles. The SMILES string of the molecule is CCOC(=O)COc1c(I)cc(/C=C2\C(=O)NC(=O)N(c3ccc4c(c3)OCO4)C2=O)cc1OC. The van der Waals surface area contributed by atoms with Gasteiger partial charge in [-0.25, -0.2) is 14.5 Å². The molecule has 182 valence electrons. The largest absolute Gasteiger partial charge is 0.493 e.